The number of amides is 2. The number of carbonyl (C=O) groups is 3. The standard InChI is InChI=1S/C15H26N2O4/c1-15(2,3)14(21)16-9-6-8-12(18)17-10-5-4-7-11(17)13(19)20/h11H,4-10H2,1-3H3,(H,16,21)(H,19,20)/t11-/m0/s1. The van der Waals surface area contributed by atoms with Gasteiger partial charge in [-0.2, -0.15) is 0 Å². The quantitative estimate of drug-likeness (QED) is 0.751. The summed E-state index contributed by atoms with van der Waals surface area (Å²) in [5, 5.41) is 11.9. The van der Waals surface area contributed by atoms with Crippen molar-refractivity contribution >= 4 is 17.8 Å². The molecule has 1 aliphatic rings. The van der Waals surface area contributed by atoms with Crippen LogP contribution in [0.1, 0.15) is 52.9 Å². The van der Waals surface area contributed by atoms with E-state index < -0.39 is 17.4 Å². The zero-order valence-electron chi connectivity index (χ0n) is 13.1. The van der Waals surface area contributed by atoms with Gasteiger partial charge < -0.3 is 15.3 Å². The molecular weight excluding hydrogens is 272 g/mol. The van der Waals surface area contributed by atoms with Crippen molar-refractivity contribution in [3.8, 4) is 0 Å². The van der Waals surface area contributed by atoms with Crippen LogP contribution in [0, 0.1) is 5.41 Å². The van der Waals surface area contributed by atoms with E-state index in [1.165, 1.54) is 4.90 Å². The number of nitrogens with zero attached hydrogens (tertiary/aromatic N) is 1. The van der Waals surface area contributed by atoms with E-state index in [9.17, 15) is 14.4 Å². The van der Waals surface area contributed by atoms with E-state index in [-0.39, 0.29) is 18.2 Å². The third kappa shape index (κ3) is 5.36. The molecule has 1 fully saturated rings. The molecule has 0 aromatic rings. The van der Waals surface area contributed by atoms with Crippen molar-refractivity contribution in [2.45, 2.75) is 58.9 Å². The van der Waals surface area contributed by atoms with Crippen molar-refractivity contribution < 1.29 is 19.5 Å². The first-order chi connectivity index (χ1) is 9.73. The van der Waals surface area contributed by atoms with Crippen LogP contribution in [-0.4, -0.2) is 46.9 Å². The Hall–Kier alpha value is -1.59. The highest BCUT2D eigenvalue weighted by molar-refractivity contribution is 5.84. The molecule has 6 nitrogen and oxygen atoms in total. The normalized spacial score (nSPS) is 19.2. The van der Waals surface area contributed by atoms with Crippen LogP contribution in [0.2, 0.25) is 0 Å². The third-order valence-electron chi connectivity index (χ3n) is 3.64. The molecule has 120 valence electrons. The Morgan fingerprint density at radius 2 is 1.90 bits per heavy atom. The van der Waals surface area contributed by atoms with E-state index >= 15 is 0 Å². The highest BCUT2D eigenvalue weighted by Crippen LogP contribution is 2.18. The average molecular weight is 298 g/mol. The van der Waals surface area contributed by atoms with Gasteiger partial charge in [-0.3, -0.25) is 9.59 Å². The lowest BCUT2D eigenvalue weighted by atomic mass is 9.96. The maximum Gasteiger partial charge on any atom is 0.326 e. The van der Waals surface area contributed by atoms with Crippen LogP contribution in [0.5, 0.6) is 0 Å². The van der Waals surface area contributed by atoms with Gasteiger partial charge in [0, 0.05) is 24.9 Å². The number of carboxylic acids is 1. The Morgan fingerprint density at radius 1 is 1.24 bits per heavy atom. The van der Waals surface area contributed by atoms with Gasteiger partial charge in [0.05, 0.1) is 0 Å². The number of carboxylic acid groups (broad SMARTS) is 1. The monoisotopic (exact) mass is 298 g/mol. The Balaban J connectivity index is 2.36. The van der Waals surface area contributed by atoms with Crippen LogP contribution in [0.25, 0.3) is 0 Å². The minimum absolute atomic E-state index is 0.0451. The number of hydrogen-bond acceptors (Lipinski definition) is 3. The van der Waals surface area contributed by atoms with Crippen molar-refractivity contribution in [2.75, 3.05) is 13.1 Å². The summed E-state index contributed by atoms with van der Waals surface area (Å²) in [6.07, 6.45) is 3.04. The van der Waals surface area contributed by atoms with Gasteiger partial charge in [-0.1, -0.05) is 20.8 Å². The highest BCUT2D eigenvalue weighted by Gasteiger charge is 2.31. The fraction of sp³-hybridized carbons (Fsp3) is 0.800. The van der Waals surface area contributed by atoms with Gasteiger partial charge in [-0.05, 0) is 25.7 Å². The highest BCUT2D eigenvalue weighted by atomic mass is 16.4. The van der Waals surface area contributed by atoms with Crippen LogP contribution < -0.4 is 5.32 Å². The maximum absolute atomic E-state index is 12.1. The van der Waals surface area contributed by atoms with E-state index in [4.69, 9.17) is 5.11 Å². The van der Waals surface area contributed by atoms with Crippen LogP contribution in [-0.2, 0) is 14.4 Å². The van der Waals surface area contributed by atoms with E-state index in [0.29, 0.717) is 25.9 Å². The molecule has 0 unspecified atom stereocenters. The van der Waals surface area contributed by atoms with Gasteiger partial charge >= 0.3 is 5.97 Å². The second kappa shape index (κ2) is 7.43. The van der Waals surface area contributed by atoms with Gasteiger partial charge in [0.15, 0.2) is 0 Å². The van der Waals surface area contributed by atoms with Crippen LogP contribution in [0.3, 0.4) is 0 Å². The summed E-state index contributed by atoms with van der Waals surface area (Å²) in [4.78, 5) is 36.4. The lowest BCUT2D eigenvalue weighted by molar-refractivity contribution is -0.152. The smallest absolute Gasteiger partial charge is 0.326 e. The fourth-order valence-corrected chi connectivity index (χ4v) is 2.34. The molecule has 0 saturated carbocycles. The molecule has 0 radical (unpaired) electrons. The first-order valence-electron chi connectivity index (χ1n) is 7.54. The molecule has 0 bridgehead atoms. The van der Waals surface area contributed by atoms with Crippen LogP contribution in [0.4, 0.5) is 0 Å². The topological polar surface area (TPSA) is 86.7 Å². The first kappa shape index (κ1) is 17.5. The van der Waals surface area contributed by atoms with E-state index in [1.807, 2.05) is 20.8 Å². The second-order valence-corrected chi connectivity index (χ2v) is 6.55. The van der Waals surface area contributed by atoms with Gasteiger partial charge in [0.25, 0.3) is 0 Å². The van der Waals surface area contributed by atoms with E-state index in [0.717, 1.165) is 12.8 Å². The summed E-state index contributed by atoms with van der Waals surface area (Å²) in [7, 11) is 0. The molecule has 0 spiro atoms. The summed E-state index contributed by atoms with van der Waals surface area (Å²) < 4.78 is 0. The van der Waals surface area contributed by atoms with Crippen molar-refractivity contribution in [3.05, 3.63) is 0 Å². The summed E-state index contributed by atoms with van der Waals surface area (Å²) in [5.41, 5.74) is -0.439. The molecule has 2 amide bonds. The van der Waals surface area contributed by atoms with Crippen molar-refractivity contribution in [1.82, 2.24) is 10.2 Å². The largest absolute Gasteiger partial charge is 0.480 e. The number of rotatable bonds is 5. The molecule has 1 aliphatic heterocycles. The number of aliphatic carboxylic acids is 1. The SMILES string of the molecule is CC(C)(C)C(=O)NCCCC(=O)N1CCCC[C@H]1C(=O)O. The predicted octanol–water partition coefficient (Wildman–Crippen LogP) is 1.39. The molecule has 0 aliphatic carbocycles. The van der Waals surface area contributed by atoms with Gasteiger partial charge in [-0.25, -0.2) is 4.79 Å². The van der Waals surface area contributed by atoms with Gasteiger partial charge in [-0.15, -0.1) is 0 Å². The molecule has 21 heavy (non-hydrogen) atoms. The number of hydrogen-bond donors (Lipinski definition) is 2. The average Bonchev–Trinajstić information content (AvgIpc) is 2.41. The molecule has 6 heteroatoms. The third-order valence-corrected chi connectivity index (χ3v) is 3.64. The predicted molar refractivity (Wildman–Crippen MR) is 78.7 cm³/mol. The second-order valence-electron chi connectivity index (χ2n) is 6.55. The van der Waals surface area contributed by atoms with Crippen LogP contribution >= 0.6 is 0 Å². The van der Waals surface area contributed by atoms with Crippen LogP contribution in [0.15, 0.2) is 0 Å². The molecule has 1 rings (SSSR count). The lowest BCUT2D eigenvalue weighted by Gasteiger charge is -2.33. The molecule has 1 atom stereocenters. The number of carbonyl (C=O) groups excluding carboxylic acids is 2. The number of piperidine rings is 1. The fourth-order valence-electron chi connectivity index (χ4n) is 2.34. The Labute approximate surface area is 125 Å². The summed E-state index contributed by atoms with van der Waals surface area (Å²) >= 11 is 0. The minimum atomic E-state index is -0.927. The van der Waals surface area contributed by atoms with E-state index in [2.05, 4.69) is 5.32 Å². The van der Waals surface area contributed by atoms with Gasteiger partial charge in [0.2, 0.25) is 11.8 Å². The van der Waals surface area contributed by atoms with Crippen molar-refractivity contribution in [1.29, 1.82) is 0 Å². The zero-order valence-corrected chi connectivity index (χ0v) is 13.1. The van der Waals surface area contributed by atoms with Crippen molar-refractivity contribution in [3.63, 3.8) is 0 Å². The number of nitrogens with one attached hydrogen (secondary N) is 1. The molecule has 2 N–H and O–H groups in total. The minimum Gasteiger partial charge on any atom is -0.480 e. The molecule has 1 saturated heterocycles. The molecule has 0 aromatic heterocycles. The van der Waals surface area contributed by atoms with Crippen molar-refractivity contribution in [2.24, 2.45) is 5.41 Å². The molecule has 1 heterocycles. The summed E-state index contributed by atoms with van der Waals surface area (Å²) in [6.45, 7) is 6.45. The molecular formula is C15H26N2O4. The number of likely N-dealkylation sites (tertiary alicyclic amines) is 1. The summed E-state index contributed by atoms with van der Waals surface area (Å²) in [6, 6.07) is -0.685. The maximum atomic E-state index is 12.1. The molecule has 0 aromatic carbocycles. The summed E-state index contributed by atoms with van der Waals surface area (Å²) in [5.74, 6) is -1.10. The Kier molecular flexibility index (Phi) is 6.18. The van der Waals surface area contributed by atoms with E-state index in [1.54, 1.807) is 0 Å². The van der Waals surface area contributed by atoms with Gasteiger partial charge in [0.1, 0.15) is 6.04 Å². The lowest BCUT2D eigenvalue weighted by Crippen LogP contribution is -2.48. The Morgan fingerprint density at radius 3 is 2.48 bits per heavy atom. The first-order valence-corrected chi connectivity index (χ1v) is 7.54. The zero-order chi connectivity index (χ0) is 16.0. The Bertz CT molecular complexity index is 401.